The summed E-state index contributed by atoms with van der Waals surface area (Å²) in [5.74, 6) is 1.61. The Balaban J connectivity index is 1.84. The SMILES string of the molecule is COc1ccc(CNCC2CCC(=O)N2)cc1OC. The van der Waals surface area contributed by atoms with Gasteiger partial charge in [-0.2, -0.15) is 0 Å². The van der Waals surface area contributed by atoms with Crippen LogP contribution in [0.2, 0.25) is 0 Å². The summed E-state index contributed by atoms with van der Waals surface area (Å²) in [7, 11) is 3.25. The van der Waals surface area contributed by atoms with E-state index >= 15 is 0 Å². The van der Waals surface area contributed by atoms with Crippen LogP contribution in [0.25, 0.3) is 0 Å². The fourth-order valence-corrected chi connectivity index (χ4v) is 2.21. The average Bonchev–Trinajstić information content (AvgIpc) is 2.84. The highest BCUT2D eigenvalue weighted by molar-refractivity contribution is 5.78. The fraction of sp³-hybridized carbons (Fsp3) is 0.500. The van der Waals surface area contributed by atoms with Gasteiger partial charge in [-0.3, -0.25) is 4.79 Å². The zero-order chi connectivity index (χ0) is 13.7. The number of carbonyl (C=O) groups is 1. The van der Waals surface area contributed by atoms with Gasteiger partial charge in [-0.1, -0.05) is 6.07 Å². The van der Waals surface area contributed by atoms with Gasteiger partial charge in [0.05, 0.1) is 14.2 Å². The zero-order valence-corrected chi connectivity index (χ0v) is 11.4. The van der Waals surface area contributed by atoms with Crippen molar-refractivity contribution < 1.29 is 14.3 Å². The molecule has 2 rings (SSSR count). The van der Waals surface area contributed by atoms with E-state index in [4.69, 9.17) is 9.47 Å². The molecule has 1 amide bonds. The van der Waals surface area contributed by atoms with Crippen LogP contribution in [-0.4, -0.2) is 32.7 Å². The van der Waals surface area contributed by atoms with Gasteiger partial charge in [-0.25, -0.2) is 0 Å². The molecule has 104 valence electrons. The maximum Gasteiger partial charge on any atom is 0.220 e. The summed E-state index contributed by atoms with van der Waals surface area (Å²) in [6.45, 7) is 1.53. The van der Waals surface area contributed by atoms with Crippen LogP contribution in [0.4, 0.5) is 0 Å². The van der Waals surface area contributed by atoms with Gasteiger partial charge in [0.15, 0.2) is 11.5 Å². The van der Waals surface area contributed by atoms with Crippen molar-refractivity contribution in [2.24, 2.45) is 0 Å². The standard InChI is InChI=1S/C14H20N2O3/c1-18-12-5-3-10(7-13(12)19-2)8-15-9-11-4-6-14(17)16-11/h3,5,7,11,15H,4,6,8-9H2,1-2H3,(H,16,17). The van der Waals surface area contributed by atoms with E-state index in [0.29, 0.717) is 6.42 Å². The van der Waals surface area contributed by atoms with Crippen molar-refractivity contribution in [3.63, 3.8) is 0 Å². The molecule has 5 nitrogen and oxygen atoms in total. The molecule has 19 heavy (non-hydrogen) atoms. The van der Waals surface area contributed by atoms with Gasteiger partial charge in [-0.05, 0) is 24.1 Å². The lowest BCUT2D eigenvalue weighted by Crippen LogP contribution is -2.35. The van der Waals surface area contributed by atoms with Crippen molar-refractivity contribution >= 4 is 5.91 Å². The lowest BCUT2D eigenvalue weighted by molar-refractivity contribution is -0.119. The summed E-state index contributed by atoms with van der Waals surface area (Å²) >= 11 is 0. The predicted octanol–water partition coefficient (Wildman–Crippen LogP) is 1.07. The van der Waals surface area contributed by atoms with Crippen LogP contribution >= 0.6 is 0 Å². The Labute approximate surface area is 113 Å². The molecule has 1 heterocycles. The Kier molecular flexibility index (Phi) is 4.63. The van der Waals surface area contributed by atoms with E-state index in [1.165, 1.54) is 0 Å². The number of methoxy groups -OCH3 is 2. The number of amides is 1. The number of benzene rings is 1. The first kappa shape index (κ1) is 13.7. The molecular weight excluding hydrogens is 244 g/mol. The molecule has 0 aromatic heterocycles. The molecule has 1 unspecified atom stereocenters. The summed E-state index contributed by atoms with van der Waals surface area (Å²) in [6.07, 6.45) is 1.56. The van der Waals surface area contributed by atoms with E-state index in [1.54, 1.807) is 14.2 Å². The second-order valence-corrected chi connectivity index (χ2v) is 4.62. The van der Waals surface area contributed by atoms with Gasteiger partial charge >= 0.3 is 0 Å². The molecule has 1 fully saturated rings. The third-order valence-corrected chi connectivity index (χ3v) is 3.25. The maximum atomic E-state index is 11.1. The second kappa shape index (κ2) is 6.43. The number of carbonyl (C=O) groups excluding carboxylic acids is 1. The first-order valence-electron chi connectivity index (χ1n) is 6.44. The van der Waals surface area contributed by atoms with Crippen LogP contribution < -0.4 is 20.1 Å². The van der Waals surface area contributed by atoms with Crippen molar-refractivity contribution in [2.45, 2.75) is 25.4 Å². The molecule has 0 saturated carbocycles. The molecular formula is C14H20N2O3. The number of hydrogen-bond donors (Lipinski definition) is 2. The van der Waals surface area contributed by atoms with Gasteiger partial charge in [0, 0.05) is 25.6 Å². The molecule has 2 N–H and O–H groups in total. The predicted molar refractivity (Wildman–Crippen MR) is 72.4 cm³/mol. The van der Waals surface area contributed by atoms with Crippen LogP contribution in [0, 0.1) is 0 Å². The molecule has 0 aliphatic carbocycles. The number of nitrogens with one attached hydrogen (secondary N) is 2. The van der Waals surface area contributed by atoms with E-state index in [1.807, 2.05) is 18.2 Å². The van der Waals surface area contributed by atoms with Gasteiger partial charge in [-0.15, -0.1) is 0 Å². The van der Waals surface area contributed by atoms with Crippen molar-refractivity contribution in [1.82, 2.24) is 10.6 Å². The lowest BCUT2D eigenvalue weighted by atomic mass is 10.2. The summed E-state index contributed by atoms with van der Waals surface area (Å²) in [5, 5.41) is 6.28. The fourth-order valence-electron chi connectivity index (χ4n) is 2.21. The molecule has 0 bridgehead atoms. The Morgan fingerprint density at radius 1 is 1.32 bits per heavy atom. The minimum atomic E-state index is 0.151. The van der Waals surface area contributed by atoms with Crippen molar-refractivity contribution in [3.05, 3.63) is 23.8 Å². The first-order valence-corrected chi connectivity index (χ1v) is 6.44. The topological polar surface area (TPSA) is 59.6 Å². The van der Waals surface area contributed by atoms with E-state index in [9.17, 15) is 4.79 Å². The monoisotopic (exact) mass is 264 g/mol. The summed E-state index contributed by atoms with van der Waals surface area (Å²) in [4.78, 5) is 11.1. The summed E-state index contributed by atoms with van der Waals surface area (Å²) in [5.41, 5.74) is 1.13. The molecule has 1 aromatic rings. The molecule has 0 radical (unpaired) electrons. The Morgan fingerprint density at radius 2 is 2.11 bits per heavy atom. The maximum absolute atomic E-state index is 11.1. The lowest BCUT2D eigenvalue weighted by Gasteiger charge is -2.13. The molecule has 1 aromatic carbocycles. The Bertz CT molecular complexity index is 448. The third kappa shape index (κ3) is 3.61. The van der Waals surface area contributed by atoms with E-state index in [2.05, 4.69) is 10.6 Å². The van der Waals surface area contributed by atoms with E-state index < -0.39 is 0 Å². The van der Waals surface area contributed by atoms with Gasteiger partial charge in [0.1, 0.15) is 0 Å². The van der Waals surface area contributed by atoms with Crippen LogP contribution in [0.5, 0.6) is 11.5 Å². The minimum absolute atomic E-state index is 0.151. The van der Waals surface area contributed by atoms with Crippen molar-refractivity contribution in [3.8, 4) is 11.5 Å². The molecule has 1 atom stereocenters. The molecule has 1 aliphatic rings. The Morgan fingerprint density at radius 3 is 2.74 bits per heavy atom. The third-order valence-electron chi connectivity index (χ3n) is 3.25. The average molecular weight is 264 g/mol. The highest BCUT2D eigenvalue weighted by Crippen LogP contribution is 2.27. The second-order valence-electron chi connectivity index (χ2n) is 4.62. The van der Waals surface area contributed by atoms with E-state index in [-0.39, 0.29) is 11.9 Å². The van der Waals surface area contributed by atoms with Crippen LogP contribution in [0.15, 0.2) is 18.2 Å². The van der Waals surface area contributed by atoms with Crippen LogP contribution in [0.1, 0.15) is 18.4 Å². The van der Waals surface area contributed by atoms with Crippen molar-refractivity contribution in [1.29, 1.82) is 0 Å². The quantitative estimate of drug-likeness (QED) is 0.807. The molecule has 1 saturated heterocycles. The summed E-state index contributed by atoms with van der Waals surface area (Å²) in [6, 6.07) is 6.11. The smallest absolute Gasteiger partial charge is 0.220 e. The van der Waals surface area contributed by atoms with Crippen molar-refractivity contribution in [2.75, 3.05) is 20.8 Å². The molecule has 0 spiro atoms. The highest BCUT2D eigenvalue weighted by atomic mass is 16.5. The summed E-state index contributed by atoms with van der Waals surface area (Å²) < 4.78 is 10.5. The highest BCUT2D eigenvalue weighted by Gasteiger charge is 2.19. The zero-order valence-electron chi connectivity index (χ0n) is 11.4. The normalized spacial score (nSPS) is 18.2. The van der Waals surface area contributed by atoms with Crippen LogP contribution in [-0.2, 0) is 11.3 Å². The van der Waals surface area contributed by atoms with Gasteiger partial charge in [0.25, 0.3) is 0 Å². The largest absolute Gasteiger partial charge is 0.493 e. The first-order chi connectivity index (χ1) is 9.22. The van der Waals surface area contributed by atoms with Gasteiger partial charge < -0.3 is 20.1 Å². The molecule has 5 heteroatoms. The minimum Gasteiger partial charge on any atom is -0.493 e. The van der Waals surface area contributed by atoms with E-state index in [0.717, 1.165) is 36.6 Å². The Hall–Kier alpha value is -1.75. The van der Waals surface area contributed by atoms with Gasteiger partial charge in [0.2, 0.25) is 5.91 Å². The van der Waals surface area contributed by atoms with Crippen LogP contribution in [0.3, 0.4) is 0 Å². The number of rotatable bonds is 6. The number of ether oxygens (including phenoxy) is 2. The molecule has 1 aliphatic heterocycles. The number of hydrogen-bond acceptors (Lipinski definition) is 4.